The minimum Gasteiger partial charge on any atom is -0.222 e. The topological polar surface area (TPSA) is 232 Å². The second kappa shape index (κ2) is 10.8. The Morgan fingerprint density at radius 2 is 0.875 bits per heavy atom. The standard InChI is InChI=1S/C10H8N2O2.2ClHO4/c1-3-7-13-9(5-1)11-12-10-6-2-4-8-14-10;2*2-1(3,4)5/h1-8H;2*(H,2,3,4,5)/q+2;;/p-2. The average Bonchev–Trinajstić information content (AvgIpc) is 2.44. The summed E-state index contributed by atoms with van der Waals surface area (Å²) in [6.45, 7) is 0. The van der Waals surface area contributed by atoms with E-state index in [1.165, 1.54) is 12.5 Å². The zero-order valence-corrected chi connectivity index (χ0v) is 12.9. The van der Waals surface area contributed by atoms with E-state index in [0.29, 0.717) is 11.8 Å². The van der Waals surface area contributed by atoms with Crippen LogP contribution in [0.1, 0.15) is 0 Å². The molecule has 2 heterocycles. The molecular formula is C10H8Cl2N2O10. The molecular weight excluding hydrogens is 379 g/mol. The third-order valence-electron chi connectivity index (χ3n) is 1.48. The first kappa shape index (κ1) is 22.2. The Morgan fingerprint density at radius 3 is 1.08 bits per heavy atom. The summed E-state index contributed by atoms with van der Waals surface area (Å²) in [7, 11) is -9.89. The molecule has 2 rings (SSSR count). The molecule has 14 heteroatoms. The molecule has 132 valence electrons. The predicted molar refractivity (Wildman–Crippen MR) is 50.4 cm³/mol. The van der Waals surface area contributed by atoms with Gasteiger partial charge >= 0.3 is 24.3 Å². The summed E-state index contributed by atoms with van der Waals surface area (Å²) in [6, 6.07) is 10.6. The fourth-order valence-corrected chi connectivity index (χ4v) is 0.875. The molecule has 0 unspecified atom stereocenters. The Hall–Kier alpha value is -1.84. The summed E-state index contributed by atoms with van der Waals surface area (Å²) >= 11 is 0. The second-order valence-corrected chi connectivity index (χ2v) is 4.76. The molecule has 0 saturated carbocycles. The predicted octanol–water partition coefficient (Wildman–Crippen LogP) is -5.66. The number of nitrogens with zero attached hydrogens (tertiary/aromatic N) is 2. The van der Waals surface area contributed by atoms with Crippen LogP contribution >= 0.6 is 0 Å². The molecule has 0 atom stereocenters. The lowest BCUT2D eigenvalue weighted by atomic mass is 10.5. The van der Waals surface area contributed by atoms with Gasteiger partial charge in [0.1, 0.15) is 0 Å². The van der Waals surface area contributed by atoms with Crippen LogP contribution in [0.2, 0.25) is 0 Å². The van der Waals surface area contributed by atoms with Crippen molar-refractivity contribution in [3.63, 3.8) is 0 Å². The minimum atomic E-state index is -4.94. The van der Waals surface area contributed by atoms with Crippen LogP contribution < -0.4 is 37.3 Å². The van der Waals surface area contributed by atoms with Gasteiger partial charge in [0.15, 0.2) is 0 Å². The van der Waals surface area contributed by atoms with E-state index in [-0.39, 0.29) is 0 Å². The van der Waals surface area contributed by atoms with Crippen molar-refractivity contribution in [3.8, 4) is 0 Å². The highest BCUT2D eigenvalue weighted by molar-refractivity contribution is 5.23. The maximum Gasteiger partial charge on any atom is 0.470 e. The van der Waals surface area contributed by atoms with E-state index in [1.807, 2.05) is 12.1 Å². The Bertz CT molecular complexity index is 523. The Morgan fingerprint density at radius 1 is 0.583 bits per heavy atom. The van der Waals surface area contributed by atoms with Crippen molar-refractivity contribution in [2.75, 3.05) is 0 Å². The Kier molecular flexibility index (Phi) is 10.0. The van der Waals surface area contributed by atoms with Crippen LogP contribution in [-0.2, 0) is 0 Å². The van der Waals surface area contributed by atoms with Crippen LogP contribution in [0.3, 0.4) is 0 Å². The van der Waals surface area contributed by atoms with Gasteiger partial charge in [-0.25, -0.2) is 37.3 Å². The van der Waals surface area contributed by atoms with Gasteiger partial charge in [-0.3, -0.25) is 0 Å². The molecule has 0 aliphatic carbocycles. The van der Waals surface area contributed by atoms with E-state index in [9.17, 15) is 0 Å². The largest absolute Gasteiger partial charge is 0.470 e. The van der Waals surface area contributed by atoms with Crippen molar-refractivity contribution in [2.24, 2.45) is 10.2 Å². The molecule has 0 fully saturated rings. The summed E-state index contributed by atoms with van der Waals surface area (Å²) < 4.78 is 78.0. The average molecular weight is 387 g/mol. The maximum absolute atomic E-state index is 8.49. The minimum absolute atomic E-state index is 0.437. The van der Waals surface area contributed by atoms with E-state index in [0.717, 1.165) is 0 Å². The van der Waals surface area contributed by atoms with Crippen molar-refractivity contribution >= 4 is 11.8 Å². The normalized spacial score (nSPS) is 11.2. The maximum atomic E-state index is 8.49. The number of azo groups is 1. The van der Waals surface area contributed by atoms with E-state index >= 15 is 0 Å². The highest BCUT2D eigenvalue weighted by Gasteiger charge is 2.06. The first-order valence-electron chi connectivity index (χ1n) is 5.34. The second-order valence-electron chi connectivity index (χ2n) is 3.24. The van der Waals surface area contributed by atoms with Crippen molar-refractivity contribution in [3.05, 3.63) is 48.9 Å². The van der Waals surface area contributed by atoms with Crippen molar-refractivity contribution in [2.45, 2.75) is 0 Å². The first-order valence-corrected chi connectivity index (χ1v) is 7.81. The van der Waals surface area contributed by atoms with E-state index < -0.39 is 20.5 Å². The molecule has 0 bridgehead atoms. The summed E-state index contributed by atoms with van der Waals surface area (Å²) in [4.78, 5) is 0. The molecule has 0 amide bonds. The van der Waals surface area contributed by atoms with Crippen LogP contribution in [0.4, 0.5) is 11.8 Å². The van der Waals surface area contributed by atoms with Gasteiger partial charge in [-0.05, 0) is 22.4 Å². The quantitative estimate of drug-likeness (QED) is 0.350. The number of hydrogen-bond donors (Lipinski definition) is 0. The van der Waals surface area contributed by atoms with Gasteiger partial charge < -0.3 is 0 Å². The first-order chi connectivity index (χ1) is 10.9. The van der Waals surface area contributed by atoms with Gasteiger partial charge in [-0.2, -0.15) is 8.83 Å². The number of hydrogen-bond acceptors (Lipinski definition) is 10. The molecule has 2 aromatic rings. The summed E-state index contributed by atoms with van der Waals surface area (Å²) in [5.74, 6) is 0.873. The molecule has 0 aliphatic heterocycles. The molecule has 12 nitrogen and oxygen atoms in total. The molecule has 0 N–H and O–H groups in total. The third-order valence-corrected chi connectivity index (χ3v) is 1.48. The van der Waals surface area contributed by atoms with Crippen molar-refractivity contribution < 1.29 is 66.6 Å². The van der Waals surface area contributed by atoms with Gasteiger partial charge in [0.05, 0.1) is 12.1 Å². The van der Waals surface area contributed by atoms with Crippen LogP contribution in [0, 0.1) is 20.5 Å². The van der Waals surface area contributed by atoms with E-state index in [2.05, 4.69) is 10.2 Å². The van der Waals surface area contributed by atoms with Crippen molar-refractivity contribution in [1.29, 1.82) is 0 Å². The fraction of sp³-hybridized carbons (Fsp3) is 0. The molecule has 0 aromatic carbocycles. The van der Waals surface area contributed by atoms with Crippen LogP contribution in [-0.4, -0.2) is 0 Å². The van der Waals surface area contributed by atoms with Crippen LogP contribution in [0.25, 0.3) is 0 Å². The molecule has 0 radical (unpaired) electrons. The van der Waals surface area contributed by atoms with Gasteiger partial charge in [0.2, 0.25) is 0 Å². The zero-order chi connectivity index (χ0) is 18.6. The van der Waals surface area contributed by atoms with E-state index in [1.54, 1.807) is 24.3 Å². The number of halogens is 2. The summed E-state index contributed by atoms with van der Waals surface area (Å²) in [5, 5.41) is 7.68. The molecule has 0 saturated heterocycles. The third kappa shape index (κ3) is 20.2. The van der Waals surface area contributed by atoms with Gasteiger partial charge in [0, 0.05) is 12.1 Å². The SMILES string of the molecule is [O-][Cl+3]([O-])([O-])[O-].[O-][Cl+3]([O-])([O-])[O-].c1ccc(N=Nc2cccc[o+]2)[o+]c1. The Balaban J connectivity index is 0.000000442. The lowest BCUT2D eigenvalue weighted by Gasteiger charge is -2.17. The molecule has 2 aromatic heterocycles. The summed E-state index contributed by atoms with van der Waals surface area (Å²) in [5.41, 5.74) is 0. The smallest absolute Gasteiger partial charge is 0.222 e. The number of rotatable bonds is 2. The lowest BCUT2D eigenvalue weighted by Crippen LogP contribution is -2.68. The highest BCUT2D eigenvalue weighted by Crippen LogP contribution is 2.16. The van der Waals surface area contributed by atoms with Gasteiger partial charge in [-0.15, -0.1) is 20.5 Å². The molecule has 0 aliphatic rings. The Labute approximate surface area is 138 Å². The van der Waals surface area contributed by atoms with Crippen molar-refractivity contribution in [1.82, 2.24) is 0 Å². The lowest BCUT2D eigenvalue weighted by molar-refractivity contribution is -2.00. The van der Waals surface area contributed by atoms with Gasteiger partial charge in [-0.1, -0.05) is 0 Å². The summed E-state index contributed by atoms with van der Waals surface area (Å²) in [6.07, 6.45) is 3.08. The fourth-order valence-electron chi connectivity index (χ4n) is 0.875. The van der Waals surface area contributed by atoms with Crippen LogP contribution in [0.5, 0.6) is 0 Å². The molecule has 24 heavy (non-hydrogen) atoms. The monoisotopic (exact) mass is 386 g/mol. The molecule has 0 spiro atoms. The van der Waals surface area contributed by atoms with E-state index in [4.69, 9.17) is 46.1 Å². The van der Waals surface area contributed by atoms with Gasteiger partial charge in [0.25, 0.3) is 0 Å². The zero-order valence-electron chi connectivity index (χ0n) is 11.4. The van der Waals surface area contributed by atoms with Crippen LogP contribution in [0.15, 0.2) is 68.0 Å². The highest BCUT2D eigenvalue weighted by atomic mass is 35.7.